The monoisotopic (exact) mass is 252 g/mol. The zero-order chi connectivity index (χ0) is 12.4. The molecule has 0 bridgehead atoms. The summed E-state index contributed by atoms with van der Waals surface area (Å²) in [6, 6.07) is 4.45. The minimum atomic E-state index is -4.80. The minimum absolute atomic E-state index is 0.0169. The number of alkyl halides is 3. The Kier molecular flexibility index (Phi) is 3.37. The highest BCUT2D eigenvalue weighted by Gasteiger charge is 2.35. The fourth-order valence-corrected chi connectivity index (χ4v) is 2.28. The average Bonchev–Trinajstić information content (AvgIpc) is 2.14. The summed E-state index contributed by atoms with van der Waals surface area (Å²) in [7, 11) is -4.43. The van der Waals surface area contributed by atoms with Crippen molar-refractivity contribution in [1.82, 2.24) is 0 Å². The molecule has 0 atom stereocenters. The van der Waals surface area contributed by atoms with Gasteiger partial charge in [-0.25, -0.2) is 8.42 Å². The smallest absolute Gasteiger partial charge is 0.298 e. The summed E-state index contributed by atoms with van der Waals surface area (Å²) in [5, 5.41) is 0. The lowest BCUT2D eigenvalue weighted by molar-refractivity contribution is -0.106. The van der Waals surface area contributed by atoms with Crippen molar-refractivity contribution in [3.63, 3.8) is 0 Å². The van der Waals surface area contributed by atoms with Crippen LogP contribution in [-0.4, -0.2) is 26.6 Å². The second kappa shape index (κ2) is 4.25. The number of aldehydes is 1. The molecule has 3 nitrogen and oxygen atoms in total. The summed E-state index contributed by atoms with van der Waals surface area (Å²) in [5.41, 5.74) is 0.0169. The minimum Gasteiger partial charge on any atom is -0.298 e. The molecular weight excluding hydrogens is 245 g/mol. The van der Waals surface area contributed by atoms with Gasteiger partial charge in [-0.2, -0.15) is 13.2 Å². The maximum absolute atomic E-state index is 12.0. The summed E-state index contributed by atoms with van der Waals surface area (Å²) in [6.45, 7) is 0. The lowest BCUT2D eigenvalue weighted by Crippen LogP contribution is -2.22. The number of sulfone groups is 1. The fourth-order valence-electron chi connectivity index (χ4n) is 1.08. The Morgan fingerprint density at radius 3 is 2.38 bits per heavy atom. The van der Waals surface area contributed by atoms with Crippen LogP contribution < -0.4 is 0 Å². The molecular formula is C9H7F3O3S. The molecule has 0 spiro atoms. The van der Waals surface area contributed by atoms with E-state index in [1.165, 1.54) is 12.1 Å². The number of carbonyl (C=O) groups is 1. The van der Waals surface area contributed by atoms with Crippen LogP contribution in [0.4, 0.5) is 13.2 Å². The van der Waals surface area contributed by atoms with E-state index in [1.807, 2.05) is 0 Å². The van der Waals surface area contributed by atoms with E-state index in [4.69, 9.17) is 0 Å². The number of hydrogen-bond donors (Lipinski definition) is 0. The predicted octanol–water partition coefficient (Wildman–Crippen LogP) is 1.84. The van der Waals surface area contributed by atoms with Crippen molar-refractivity contribution in [2.45, 2.75) is 11.1 Å². The molecule has 0 aromatic heterocycles. The molecule has 1 aromatic carbocycles. The molecule has 7 heteroatoms. The maximum Gasteiger partial charge on any atom is 0.403 e. The van der Waals surface area contributed by atoms with Crippen molar-refractivity contribution in [3.05, 3.63) is 29.8 Å². The van der Waals surface area contributed by atoms with Crippen LogP contribution in [0.2, 0.25) is 0 Å². The van der Waals surface area contributed by atoms with Gasteiger partial charge in [-0.05, 0) is 12.1 Å². The van der Waals surface area contributed by atoms with Crippen molar-refractivity contribution < 1.29 is 26.4 Å². The molecule has 88 valence electrons. The predicted molar refractivity (Wildman–Crippen MR) is 49.9 cm³/mol. The van der Waals surface area contributed by atoms with Gasteiger partial charge in [-0.1, -0.05) is 12.1 Å². The van der Waals surface area contributed by atoms with E-state index in [-0.39, 0.29) is 5.56 Å². The van der Waals surface area contributed by atoms with Crippen molar-refractivity contribution in [1.29, 1.82) is 0 Å². The Labute approximate surface area is 89.8 Å². The number of rotatable bonds is 3. The summed E-state index contributed by atoms with van der Waals surface area (Å²) in [5.74, 6) is -1.93. The Bertz CT molecular complexity index is 491. The third-order valence-corrected chi connectivity index (χ3v) is 3.39. The average molecular weight is 252 g/mol. The fraction of sp³-hybridized carbons (Fsp3) is 0.222. The molecule has 0 heterocycles. The Hall–Kier alpha value is -1.37. The quantitative estimate of drug-likeness (QED) is 0.771. The van der Waals surface area contributed by atoms with Gasteiger partial charge < -0.3 is 0 Å². The molecule has 0 radical (unpaired) electrons. The molecule has 0 aliphatic rings. The van der Waals surface area contributed by atoms with Crippen LogP contribution in [0.5, 0.6) is 0 Å². The van der Waals surface area contributed by atoms with Gasteiger partial charge in [0.2, 0.25) is 0 Å². The van der Waals surface area contributed by atoms with E-state index >= 15 is 0 Å². The van der Waals surface area contributed by atoms with Gasteiger partial charge in [0.15, 0.2) is 15.6 Å². The molecule has 0 amide bonds. The summed E-state index contributed by atoms with van der Waals surface area (Å²) < 4.78 is 58.5. The standard InChI is InChI=1S/C9H7F3O3S/c10-9(11,12)6-16(14,15)8-3-1-2-7(4-8)5-13/h1-5H,6H2. The highest BCUT2D eigenvalue weighted by Crippen LogP contribution is 2.22. The van der Waals surface area contributed by atoms with E-state index in [0.29, 0.717) is 6.29 Å². The van der Waals surface area contributed by atoms with Gasteiger partial charge in [0.25, 0.3) is 0 Å². The molecule has 0 N–H and O–H groups in total. The second-order valence-electron chi connectivity index (χ2n) is 3.06. The molecule has 0 unspecified atom stereocenters. The molecule has 1 rings (SSSR count). The first-order chi connectivity index (χ1) is 7.24. The van der Waals surface area contributed by atoms with Crippen LogP contribution in [0.1, 0.15) is 10.4 Å². The molecule has 0 saturated carbocycles. The van der Waals surface area contributed by atoms with E-state index in [0.717, 1.165) is 12.1 Å². The second-order valence-corrected chi connectivity index (χ2v) is 5.05. The van der Waals surface area contributed by atoms with Gasteiger partial charge in [-0.15, -0.1) is 0 Å². The van der Waals surface area contributed by atoms with E-state index in [2.05, 4.69) is 0 Å². The largest absolute Gasteiger partial charge is 0.403 e. The normalized spacial score (nSPS) is 12.4. The third-order valence-electron chi connectivity index (χ3n) is 1.71. The first kappa shape index (κ1) is 12.7. The van der Waals surface area contributed by atoms with E-state index in [1.54, 1.807) is 0 Å². The molecule has 16 heavy (non-hydrogen) atoms. The zero-order valence-corrected chi connectivity index (χ0v) is 8.68. The summed E-state index contributed by atoms with van der Waals surface area (Å²) in [4.78, 5) is 9.85. The van der Waals surface area contributed by atoms with Crippen LogP contribution in [0.25, 0.3) is 0 Å². The zero-order valence-electron chi connectivity index (χ0n) is 7.86. The molecule has 0 aliphatic carbocycles. The Morgan fingerprint density at radius 1 is 1.25 bits per heavy atom. The number of hydrogen-bond acceptors (Lipinski definition) is 3. The van der Waals surface area contributed by atoms with Crippen LogP contribution in [0.15, 0.2) is 29.2 Å². The van der Waals surface area contributed by atoms with Gasteiger partial charge in [0.05, 0.1) is 4.90 Å². The van der Waals surface area contributed by atoms with E-state index < -0.39 is 26.7 Å². The van der Waals surface area contributed by atoms with Gasteiger partial charge in [0, 0.05) is 5.56 Å². The van der Waals surface area contributed by atoms with Crippen molar-refractivity contribution in [2.24, 2.45) is 0 Å². The van der Waals surface area contributed by atoms with E-state index in [9.17, 15) is 26.4 Å². The molecule has 1 aromatic rings. The highest BCUT2D eigenvalue weighted by atomic mass is 32.2. The lowest BCUT2D eigenvalue weighted by atomic mass is 10.2. The molecule has 0 fully saturated rings. The first-order valence-corrected chi connectivity index (χ1v) is 5.74. The third kappa shape index (κ3) is 3.34. The van der Waals surface area contributed by atoms with Crippen molar-refractivity contribution >= 4 is 16.1 Å². The van der Waals surface area contributed by atoms with Crippen LogP contribution in [-0.2, 0) is 9.84 Å². The van der Waals surface area contributed by atoms with Crippen LogP contribution in [0, 0.1) is 0 Å². The molecule has 0 saturated heterocycles. The van der Waals surface area contributed by atoms with Gasteiger partial charge in [-0.3, -0.25) is 4.79 Å². The Balaban J connectivity index is 3.12. The molecule has 0 aliphatic heterocycles. The first-order valence-electron chi connectivity index (χ1n) is 4.09. The number of benzene rings is 1. The SMILES string of the molecule is O=Cc1cccc(S(=O)(=O)CC(F)(F)F)c1. The van der Waals surface area contributed by atoms with Gasteiger partial charge >= 0.3 is 6.18 Å². The lowest BCUT2D eigenvalue weighted by Gasteiger charge is -2.07. The van der Waals surface area contributed by atoms with Crippen LogP contribution >= 0.6 is 0 Å². The maximum atomic E-state index is 12.0. The van der Waals surface area contributed by atoms with Gasteiger partial charge in [0.1, 0.15) is 6.29 Å². The van der Waals surface area contributed by atoms with Crippen molar-refractivity contribution in [3.8, 4) is 0 Å². The summed E-state index contributed by atoms with van der Waals surface area (Å²) in [6.07, 6.45) is -4.43. The number of carbonyl (C=O) groups excluding carboxylic acids is 1. The Morgan fingerprint density at radius 2 is 1.88 bits per heavy atom. The topological polar surface area (TPSA) is 51.2 Å². The number of halogens is 3. The van der Waals surface area contributed by atoms with Crippen LogP contribution in [0.3, 0.4) is 0 Å². The summed E-state index contributed by atoms with van der Waals surface area (Å²) >= 11 is 0. The highest BCUT2D eigenvalue weighted by molar-refractivity contribution is 7.91. The van der Waals surface area contributed by atoms with Crippen molar-refractivity contribution in [2.75, 3.05) is 5.75 Å².